The number of rotatable bonds is 6. The van der Waals surface area contributed by atoms with Crippen molar-refractivity contribution in [2.24, 2.45) is 0 Å². The van der Waals surface area contributed by atoms with Crippen LogP contribution < -0.4 is 5.32 Å². The predicted octanol–water partition coefficient (Wildman–Crippen LogP) is 1.67. The molecule has 0 saturated heterocycles. The van der Waals surface area contributed by atoms with Crippen LogP contribution in [0.5, 0.6) is 0 Å². The molecule has 1 atom stereocenters. The Morgan fingerprint density at radius 3 is 2.73 bits per heavy atom. The maximum Gasteiger partial charge on any atom is 0.240 e. The first-order valence-electron chi connectivity index (χ1n) is 5.31. The Morgan fingerprint density at radius 2 is 2.13 bits per heavy atom. The molecule has 0 saturated carbocycles. The number of hydrogen-bond acceptors (Lipinski definition) is 5. The zero-order valence-electron chi connectivity index (χ0n) is 9.78. The molecule has 0 aliphatic carbocycles. The Hall–Kier alpha value is -0.940. The topological polar surface area (TPSA) is 60.2 Å². The minimum absolute atomic E-state index is 0.105. The van der Waals surface area contributed by atoms with Crippen molar-refractivity contribution in [1.82, 2.24) is 15.5 Å². The van der Waals surface area contributed by atoms with Gasteiger partial charge in [0.15, 0.2) is 5.82 Å². The Balaban J connectivity index is 2.48. The summed E-state index contributed by atoms with van der Waals surface area (Å²) in [7, 11) is 0. The van der Waals surface area contributed by atoms with E-state index in [1.54, 1.807) is 0 Å². The molecule has 15 heavy (non-hydrogen) atoms. The van der Waals surface area contributed by atoms with Gasteiger partial charge >= 0.3 is 0 Å². The van der Waals surface area contributed by atoms with E-state index in [9.17, 15) is 0 Å². The molecule has 0 aliphatic rings. The molecule has 0 bridgehead atoms. The number of ether oxygens (including phenoxy) is 1. The molecule has 0 aliphatic heterocycles. The fourth-order valence-corrected chi connectivity index (χ4v) is 1.12. The van der Waals surface area contributed by atoms with Gasteiger partial charge in [-0.15, -0.1) is 0 Å². The molecule has 1 unspecified atom stereocenters. The van der Waals surface area contributed by atoms with Crippen LogP contribution in [0.3, 0.4) is 0 Å². The molecule has 0 spiro atoms. The fraction of sp³-hybridized carbons (Fsp3) is 0.800. The summed E-state index contributed by atoms with van der Waals surface area (Å²) in [5.41, 5.74) is 0. The quantitative estimate of drug-likeness (QED) is 0.778. The second kappa shape index (κ2) is 5.82. The summed E-state index contributed by atoms with van der Waals surface area (Å²) in [5, 5.41) is 7.07. The van der Waals surface area contributed by atoms with E-state index in [1.165, 1.54) is 0 Å². The van der Waals surface area contributed by atoms with Crippen molar-refractivity contribution in [2.45, 2.75) is 46.4 Å². The lowest BCUT2D eigenvalue weighted by atomic mass is 10.4. The van der Waals surface area contributed by atoms with Gasteiger partial charge in [0.05, 0.1) is 6.54 Å². The maximum absolute atomic E-state index is 5.36. The minimum atomic E-state index is -0.105. The highest BCUT2D eigenvalue weighted by Gasteiger charge is 2.13. The van der Waals surface area contributed by atoms with Gasteiger partial charge in [0.25, 0.3) is 0 Å². The third-order valence-corrected chi connectivity index (χ3v) is 1.93. The average molecular weight is 213 g/mol. The average Bonchev–Trinajstić information content (AvgIpc) is 2.63. The van der Waals surface area contributed by atoms with Gasteiger partial charge in [0.1, 0.15) is 6.10 Å². The maximum atomic E-state index is 5.36. The Bertz CT molecular complexity index is 286. The van der Waals surface area contributed by atoms with E-state index in [2.05, 4.69) is 29.3 Å². The summed E-state index contributed by atoms with van der Waals surface area (Å²) >= 11 is 0. The molecule has 1 rings (SSSR count). The third kappa shape index (κ3) is 3.97. The highest BCUT2D eigenvalue weighted by molar-refractivity contribution is 4.89. The number of nitrogens with one attached hydrogen (secondary N) is 1. The predicted molar refractivity (Wildman–Crippen MR) is 56.3 cm³/mol. The van der Waals surface area contributed by atoms with Gasteiger partial charge in [-0.1, -0.05) is 19.0 Å². The normalized spacial score (nSPS) is 13.4. The third-order valence-electron chi connectivity index (χ3n) is 1.93. The molecule has 1 aromatic rings. The largest absolute Gasteiger partial charge is 0.371 e. The van der Waals surface area contributed by atoms with Gasteiger partial charge in [-0.3, -0.25) is 0 Å². The Kier molecular flexibility index (Phi) is 4.71. The van der Waals surface area contributed by atoms with E-state index < -0.39 is 0 Å². The molecule has 5 nitrogen and oxygen atoms in total. The summed E-state index contributed by atoms with van der Waals surface area (Å²) in [6, 6.07) is 0.407. The first kappa shape index (κ1) is 12.1. The standard InChI is InChI=1S/C10H19N3O2/c1-5-14-8(4)10-12-9(15-13-10)6-11-7(2)3/h7-8,11H,5-6H2,1-4H3. The van der Waals surface area contributed by atoms with Gasteiger partial charge in [0, 0.05) is 12.6 Å². The van der Waals surface area contributed by atoms with Crippen LogP contribution in [0.1, 0.15) is 45.5 Å². The van der Waals surface area contributed by atoms with Crippen molar-refractivity contribution in [3.8, 4) is 0 Å². The molecule has 0 radical (unpaired) electrons. The van der Waals surface area contributed by atoms with Crippen molar-refractivity contribution in [2.75, 3.05) is 6.61 Å². The van der Waals surface area contributed by atoms with E-state index in [0.717, 1.165) is 0 Å². The lowest BCUT2D eigenvalue weighted by molar-refractivity contribution is 0.0683. The number of aromatic nitrogens is 2. The van der Waals surface area contributed by atoms with Crippen molar-refractivity contribution < 1.29 is 9.26 Å². The Labute approximate surface area is 90.2 Å². The van der Waals surface area contributed by atoms with E-state index in [4.69, 9.17) is 9.26 Å². The summed E-state index contributed by atoms with van der Waals surface area (Å²) in [6.07, 6.45) is -0.105. The molecule has 1 N–H and O–H groups in total. The SMILES string of the molecule is CCOC(C)c1noc(CNC(C)C)n1. The second-order valence-electron chi connectivity index (χ2n) is 3.68. The smallest absolute Gasteiger partial charge is 0.240 e. The van der Waals surface area contributed by atoms with E-state index in [0.29, 0.717) is 30.9 Å². The monoisotopic (exact) mass is 213 g/mol. The highest BCUT2D eigenvalue weighted by Crippen LogP contribution is 2.12. The molecule has 1 heterocycles. The molecule has 0 amide bonds. The zero-order valence-corrected chi connectivity index (χ0v) is 9.78. The molecule has 5 heteroatoms. The van der Waals surface area contributed by atoms with Crippen molar-refractivity contribution >= 4 is 0 Å². The van der Waals surface area contributed by atoms with Gasteiger partial charge in [0.2, 0.25) is 5.89 Å². The minimum Gasteiger partial charge on any atom is -0.371 e. The molecular weight excluding hydrogens is 194 g/mol. The van der Waals surface area contributed by atoms with E-state index >= 15 is 0 Å². The van der Waals surface area contributed by atoms with Crippen molar-refractivity contribution in [3.05, 3.63) is 11.7 Å². The first-order valence-corrected chi connectivity index (χ1v) is 5.31. The first-order chi connectivity index (χ1) is 7.13. The molecular formula is C10H19N3O2. The van der Waals surface area contributed by atoms with E-state index in [1.807, 2.05) is 13.8 Å². The van der Waals surface area contributed by atoms with Crippen LogP contribution in [-0.4, -0.2) is 22.8 Å². The van der Waals surface area contributed by atoms with Gasteiger partial charge < -0.3 is 14.6 Å². The lowest BCUT2D eigenvalue weighted by Gasteiger charge is -2.05. The van der Waals surface area contributed by atoms with E-state index in [-0.39, 0.29) is 6.10 Å². The summed E-state index contributed by atoms with van der Waals surface area (Å²) in [5.74, 6) is 1.21. The lowest BCUT2D eigenvalue weighted by Crippen LogP contribution is -2.22. The highest BCUT2D eigenvalue weighted by atomic mass is 16.5. The van der Waals surface area contributed by atoms with Crippen LogP contribution in [0.25, 0.3) is 0 Å². The van der Waals surface area contributed by atoms with Gasteiger partial charge in [-0.05, 0) is 13.8 Å². The molecule has 0 aromatic carbocycles. The van der Waals surface area contributed by atoms with Crippen LogP contribution in [0.4, 0.5) is 0 Å². The second-order valence-corrected chi connectivity index (χ2v) is 3.68. The zero-order chi connectivity index (χ0) is 11.3. The molecule has 1 aromatic heterocycles. The van der Waals surface area contributed by atoms with Crippen LogP contribution >= 0.6 is 0 Å². The summed E-state index contributed by atoms with van der Waals surface area (Å²) < 4.78 is 10.4. The molecule has 86 valence electrons. The summed E-state index contributed by atoms with van der Waals surface area (Å²) in [6.45, 7) is 9.24. The number of hydrogen-bond donors (Lipinski definition) is 1. The van der Waals surface area contributed by atoms with Crippen molar-refractivity contribution in [1.29, 1.82) is 0 Å². The molecule has 0 fully saturated rings. The van der Waals surface area contributed by atoms with Crippen LogP contribution in [0, 0.1) is 0 Å². The summed E-state index contributed by atoms with van der Waals surface area (Å²) in [4.78, 5) is 4.24. The fourth-order valence-electron chi connectivity index (χ4n) is 1.12. The van der Waals surface area contributed by atoms with Crippen molar-refractivity contribution in [3.63, 3.8) is 0 Å². The van der Waals surface area contributed by atoms with Crippen LogP contribution in [-0.2, 0) is 11.3 Å². The number of nitrogens with zero attached hydrogens (tertiary/aromatic N) is 2. The van der Waals surface area contributed by atoms with Gasteiger partial charge in [-0.2, -0.15) is 4.98 Å². The Morgan fingerprint density at radius 1 is 1.40 bits per heavy atom. The van der Waals surface area contributed by atoms with Crippen LogP contribution in [0.2, 0.25) is 0 Å². The van der Waals surface area contributed by atoms with Crippen LogP contribution in [0.15, 0.2) is 4.52 Å². The van der Waals surface area contributed by atoms with Gasteiger partial charge in [-0.25, -0.2) is 0 Å².